The van der Waals surface area contributed by atoms with E-state index in [-0.39, 0.29) is 17.7 Å². The van der Waals surface area contributed by atoms with Gasteiger partial charge in [0.15, 0.2) is 0 Å². The summed E-state index contributed by atoms with van der Waals surface area (Å²) in [5, 5.41) is 12.8. The summed E-state index contributed by atoms with van der Waals surface area (Å²) >= 11 is 0. The summed E-state index contributed by atoms with van der Waals surface area (Å²) in [5.74, 6) is -0.264. The Morgan fingerprint density at radius 1 is 1.08 bits per heavy atom. The number of nitrogens with one attached hydrogen (secondary N) is 1. The van der Waals surface area contributed by atoms with Crippen LogP contribution in [-0.4, -0.2) is 48.8 Å². The van der Waals surface area contributed by atoms with Crippen molar-refractivity contribution in [1.29, 1.82) is 0 Å². The summed E-state index contributed by atoms with van der Waals surface area (Å²) in [5.41, 5.74) is 1.46. The predicted molar refractivity (Wildman–Crippen MR) is 92.0 cm³/mol. The Morgan fingerprint density at radius 2 is 1.75 bits per heavy atom. The highest BCUT2D eigenvalue weighted by Crippen LogP contribution is 2.22. The van der Waals surface area contributed by atoms with Gasteiger partial charge in [-0.15, -0.1) is 0 Å². The lowest BCUT2D eigenvalue weighted by Gasteiger charge is -2.35. The Balaban J connectivity index is 1.72. The molecule has 2 aromatic carbocycles. The van der Waals surface area contributed by atoms with Crippen molar-refractivity contribution in [3.8, 4) is 5.75 Å². The van der Waals surface area contributed by atoms with Crippen molar-refractivity contribution in [2.24, 2.45) is 0 Å². The van der Waals surface area contributed by atoms with E-state index in [1.54, 1.807) is 18.2 Å². The van der Waals surface area contributed by atoms with Gasteiger partial charge in [0.05, 0.1) is 24.8 Å². The number of benzene rings is 2. The first-order valence-corrected chi connectivity index (χ1v) is 8.18. The minimum Gasteiger partial charge on any atom is -0.507 e. The van der Waals surface area contributed by atoms with E-state index in [0.29, 0.717) is 25.3 Å². The third-order valence-electron chi connectivity index (χ3n) is 4.28. The van der Waals surface area contributed by atoms with Gasteiger partial charge in [-0.25, -0.2) is 0 Å². The monoisotopic (exact) mass is 326 g/mol. The molecule has 1 fully saturated rings. The van der Waals surface area contributed by atoms with Crippen LogP contribution in [0, 0.1) is 0 Å². The van der Waals surface area contributed by atoms with Gasteiger partial charge in [0, 0.05) is 19.6 Å². The van der Waals surface area contributed by atoms with Crippen LogP contribution in [0.15, 0.2) is 54.6 Å². The molecule has 24 heavy (non-hydrogen) atoms. The second-order valence-electron chi connectivity index (χ2n) is 5.80. The van der Waals surface area contributed by atoms with Crippen LogP contribution in [0.5, 0.6) is 5.75 Å². The lowest BCUT2D eigenvalue weighted by Crippen LogP contribution is -2.43. The molecular formula is C19H22N2O3. The van der Waals surface area contributed by atoms with Crippen molar-refractivity contribution >= 4 is 5.91 Å². The molecule has 0 aromatic heterocycles. The smallest absolute Gasteiger partial charge is 0.255 e. The molecule has 2 N–H and O–H groups in total. The summed E-state index contributed by atoms with van der Waals surface area (Å²) in [4.78, 5) is 14.7. The fourth-order valence-electron chi connectivity index (χ4n) is 2.97. The summed E-state index contributed by atoms with van der Waals surface area (Å²) in [6.07, 6.45) is 0. The maximum atomic E-state index is 12.4. The lowest BCUT2D eigenvalue weighted by atomic mass is 10.0. The van der Waals surface area contributed by atoms with Crippen LogP contribution in [0.2, 0.25) is 0 Å². The zero-order valence-electron chi connectivity index (χ0n) is 13.5. The molecule has 1 saturated heterocycles. The van der Waals surface area contributed by atoms with Gasteiger partial charge in [0.1, 0.15) is 5.75 Å². The number of aromatic hydroxyl groups is 1. The summed E-state index contributed by atoms with van der Waals surface area (Å²) < 4.78 is 5.43. The molecule has 0 aliphatic carbocycles. The van der Waals surface area contributed by atoms with Gasteiger partial charge in [-0.1, -0.05) is 42.5 Å². The summed E-state index contributed by atoms with van der Waals surface area (Å²) in [7, 11) is 0. The number of carbonyl (C=O) groups excluding carboxylic acids is 1. The normalized spacial score (nSPS) is 16.5. The molecule has 5 nitrogen and oxygen atoms in total. The van der Waals surface area contributed by atoms with E-state index in [1.165, 1.54) is 6.07 Å². The van der Waals surface area contributed by atoms with E-state index >= 15 is 0 Å². The van der Waals surface area contributed by atoms with Gasteiger partial charge in [0.2, 0.25) is 0 Å². The molecule has 1 amide bonds. The van der Waals surface area contributed by atoms with Gasteiger partial charge in [-0.05, 0) is 17.7 Å². The third-order valence-corrected chi connectivity index (χ3v) is 4.28. The van der Waals surface area contributed by atoms with E-state index in [1.807, 2.05) is 18.2 Å². The van der Waals surface area contributed by atoms with Gasteiger partial charge in [0.25, 0.3) is 5.91 Å². The molecule has 2 aromatic rings. The Kier molecular flexibility index (Phi) is 5.46. The van der Waals surface area contributed by atoms with Gasteiger partial charge >= 0.3 is 0 Å². The van der Waals surface area contributed by atoms with Crippen LogP contribution in [0.4, 0.5) is 0 Å². The van der Waals surface area contributed by atoms with Crippen molar-refractivity contribution in [2.45, 2.75) is 6.04 Å². The first-order chi connectivity index (χ1) is 11.8. The van der Waals surface area contributed by atoms with Gasteiger partial charge < -0.3 is 15.2 Å². The Bertz CT molecular complexity index is 669. The number of rotatable bonds is 5. The highest BCUT2D eigenvalue weighted by atomic mass is 16.5. The molecule has 1 atom stereocenters. The Labute approximate surface area is 141 Å². The van der Waals surface area contributed by atoms with E-state index in [9.17, 15) is 9.90 Å². The molecule has 0 bridgehead atoms. The largest absolute Gasteiger partial charge is 0.507 e. The average molecular weight is 326 g/mol. The first kappa shape index (κ1) is 16.5. The predicted octanol–water partition coefficient (Wildman–Crippen LogP) is 2.20. The number of hydrogen-bond donors (Lipinski definition) is 2. The van der Waals surface area contributed by atoms with Crippen LogP contribution in [0.3, 0.4) is 0 Å². The van der Waals surface area contributed by atoms with E-state index < -0.39 is 0 Å². The number of nitrogens with zero attached hydrogens (tertiary/aromatic N) is 1. The molecule has 1 aliphatic heterocycles. The molecule has 0 spiro atoms. The summed E-state index contributed by atoms with van der Waals surface area (Å²) in [6.45, 7) is 3.57. The van der Waals surface area contributed by atoms with Crippen LogP contribution >= 0.6 is 0 Å². The molecule has 0 radical (unpaired) electrons. The van der Waals surface area contributed by atoms with E-state index in [4.69, 9.17) is 4.74 Å². The standard InChI is InChI=1S/C19H22N2O3/c22-18-9-5-4-8-16(18)19(23)20-14-17(15-6-2-1-3-7-15)21-10-12-24-13-11-21/h1-9,17,22H,10-14H2,(H,20,23)/t17-/m0/s1. The molecule has 0 unspecified atom stereocenters. The molecule has 1 heterocycles. The van der Waals surface area contributed by atoms with E-state index in [0.717, 1.165) is 18.7 Å². The van der Waals surface area contributed by atoms with Crippen molar-refractivity contribution in [1.82, 2.24) is 10.2 Å². The second kappa shape index (κ2) is 7.95. The number of carbonyl (C=O) groups is 1. The van der Waals surface area contributed by atoms with Crippen LogP contribution in [-0.2, 0) is 4.74 Å². The topological polar surface area (TPSA) is 61.8 Å². The molecule has 126 valence electrons. The second-order valence-corrected chi connectivity index (χ2v) is 5.80. The number of para-hydroxylation sites is 1. The van der Waals surface area contributed by atoms with Crippen molar-refractivity contribution in [3.63, 3.8) is 0 Å². The third kappa shape index (κ3) is 3.93. The number of amides is 1. The zero-order valence-corrected chi connectivity index (χ0v) is 13.5. The van der Waals surface area contributed by atoms with E-state index in [2.05, 4.69) is 22.3 Å². The fraction of sp³-hybridized carbons (Fsp3) is 0.316. The number of hydrogen-bond acceptors (Lipinski definition) is 4. The minimum atomic E-state index is -0.262. The molecular weight excluding hydrogens is 304 g/mol. The molecule has 3 rings (SSSR count). The first-order valence-electron chi connectivity index (χ1n) is 8.18. The maximum absolute atomic E-state index is 12.4. The van der Waals surface area contributed by atoms with Crippen LogP contribution < -0.4 is 5.32 Å². The highest BCUT2D eigenvalue weighted by molar-refractivity contribution is 5.96. The van der Waals surface area contributed by atoms with Crippen molar-refractivity contribution < 1.29 is 14.6 Å². The average Bonchev–Trinajstić information content (AvgIpc) is 2.64. The SMILES string of the molecule is O=C(NC[C@@H](c1ccccc1)N1CCOCC1)c1ccccc1O. The van der Waals surface area contributed by atoms with Crippen molar-refractivity contribution in [3.05, 3.63) is 65.7 Å². The zero-order chi connectivity index (χ0) is 16.8. The Hall–Kier alpha value is -2.37. The molecule has 1 aliphatic rings. The lowest BCUT2D eigenvalue weighted by molar-refractivity contribution is 0.0162. The number of ether oxygens (including phenoxy) is 1. The molecule has 0 saturated carbocycles. The maximum Gasteiger partial charge on any atom is 0.255 e. The fourth-order valence-corrected chi connectivity index (χ4v) is 2.97. The minimum absolute atomic E-state index is 0.00219. The van der Waals surface area contributed by atoms with Gasteiger partial charge in [-0.3, -0.25) is 9.69 Å². The quantitative estimate of drug-likeness (QED) is 0.884. The van der Waals surface area contributed by atoms with Gasteiger partial charge in [-0.2, -0.15) is 0 Å². The number of phenolic OH excluding ortho intramolecular Hbond substituents is 1. The van der Waals surface area contributed by atoms with Crippen LogP contribution in [0.1, 0.15) is 22.0 Å². The van der Waals surface area contributed by atoms with Crippen LogP contribution in [0.25, 0.3) is 0 Å². The highest BCUT2D eigenvalue weighted by Gasteiger charge is 2.23. The summed E-state index contributed by atoms with van der Waals surface area (Å²) in [6, 6.07) is 16.8. The molecule has 5 heteroatoms. The van der Waals surface area contributed by atoms with Crippen molar-refractivity contribution in [2.75, 3.05) is 32.8 Å². The Morgan fingerprint density at radius 3 is 2.46 bits per heavy atom. The number of morpholine rings is 1. The number of phenols is 1.